The number of hydrogen-bond donors (Lipinski definition) is 10. The van der Waals surface area contributed by atoms with E-state index in [1.165, 1.54) is 87.7 Å². The fraction of sp³-hybridized carbons (Fsp3) is 0.767. The van der Waals surface area contributed by atoms with Crippen molar-refractivity contribution >= 4 is 119 Å². The van der Waals surface area contributed by atoms with Crippen LogP contribution in [0.15, 0.2) is 0 Å². The molecular weight excluding hydrogens is 1880 g/mol. The van der Waals surface area contributed by atoms with Crippen LogP contribution >= 0.6 is 0 Å². The third kappa shape index (κ3) is 51.1. The zero-order valence-electron chi connectivity index (χ0n) is 82.9. The molecule has 56 heteroatoms. The first kappa shape index (κ1) is 123. The van der Waals surface area contributed by atoms with Crippen LogP contribution in [0.3, 0.4) is 0 Å². The Balaban J connectivity index is 1.83. The van der Waals surface area contributed by atoms with Crippen molar-refractivity contribution in [1.29, 1.82) is 0 Å². The van der Waals surface area contributed by atoms with Gasteiger partial charge in [-0.3, -0.25) is 150 Å². The molecule has 0 aliphatic carbocycles. The Bertz CT molecular complexity index is 3810. The van der Waals surface area contributed by atoms with E-state index in [4.69, 9.17) is 23.7 Å². The highest BCUT2D eigenvalue weighted by atomic mass is 16.5. The molecule has 0 aromatic carbocycles. The highest BCUT2D eigenvalue weighted by Crippen LogP contribution is 2.17. The van der Waals surface area contributed by atoms with Crippen LogP contribution in [0.5, 0.6) is 0 Å². The molecule has 4 fully saturated rings. The smallest absolute Gasteiger partial charge is 0.319 e. The number of methoxy groups -OCH3 is 5. The standard InChI is InChI=1S/C86H150N24O32/c1-62(107-34-26-98(49-73(121)122)13-10-95(46-70(115)116)16-21-103(30-38-107)54-78(130)139-6)82(134)87-42-66(111)91-58-86(59-92-67(112)43-88-83(135)63(2)108-35-27-99(50-74(123)124)14-11-96(47-71(117)118)17-22-104(31-39-108)55-79(131)140-7,60-93-68(113)44-89-84(136)64(3)109-36-28-100(51-75(125)126)15-12-97(48-72(119)120)18-23-105(32-40-109)56-80(132)141-8)61-94-69(114)45-90-85(137)65(4)110-37-29-101(52-76(127)128)19-20-102(53-77(129)138-5)24-25-106(33-41-110)57-81(133)142-9/h62-65H,10-61H2,1-9H3,(H,87,134)(H,88,135)(H,89,136)(H,90,137)(H,91,111)(H,92,112)(H,93,113)(H,94,114)(H,115,116)(H,117,118)(H,119,120)(H,121,122)(H,123,124)(H,125,126)(H,127,128)/p-5/t62-,63-,64-,65-/m0/s1. The minimum absolute atomic E-state index is 0.00315. The van der Waals surface area contributed by atoms with Gasteiger partial charge in [-0.25, -0.2) is 0 Å². The number of aliphatic carboxylic acids is 7. The number of carbonyl (C=O) groups is 20. The van der Waals surface area contributed by atoms with Gasteiger partial charge in [0, 0.05) is 274 Å². The molecule has 806 valence electrons. The fourth-order valence-corrected chi connectivity index (χ4v) is 15.9. The van der Waals surface area contributed by atoms with Crippen molar-refractivity contribution in [3.05, 3.63) is 0 Å². The van der Waals surface area contributed by atoms with Crippen LogP contribution in [0, 0.1) is 5.41 Å². The summed E-state index contributed by atoms with van der Waals surface area (Å²) in [5.74, 6) is -19.3. The SMILES string of the molecule is COC(=O)CN1CCN(CC(=O)O)CCN([C@@H](C)C(=O)NCC(=O)NCC(CNC(=O)CNC(=O)[C@H](C)N2CCN(CC(=O)[O-])CCN(CC(=O)[O-])CCN(CC(=O)OC)CC2)(CNC(=O)CNC(=O)[C@H](C)N2CCN(CC(=O)[O-])CCN(CC(=O)[O-])CCN(CC(=O)OC)CC2)CNC(=O)CNC(=O)[C@H](C)N2CCN(CC(=O)[O-])CCN(CC(=O)O)CCN(CC(=O)OC)CC2)CCN(CC(=O)OC)CC1. The van der Waals surface area contributed by atoms with Gasteiger partial charge in [-0.1, -0.05) is 0 Å². The summed E-state index contributed by atoms with van der Waals surface area (Å²) in [6.07, 6.45) is 0. The van der Waals surface area contributed by atoms with Crippen LogP contribution < -0.4 is 68.1 Å². The maximum atomic E-state index is 14.6. The summed E-state index contributed by atoms with van der Waals surface area (Å²) in [4.78, 5) is 289. The monoisotopic (exact) mass is 2030 g/mol. The average Bonchev–Trinajstić information content (AvgIpc) is 0.850. The van der Waals surface area contributed by atoms with E-state index in [2.05, 4.69) is 42.5 Å². The number of nitrogens with zero attached hydrogens (tertiary/aromatic N) is 16. The van der Waals surface area contributed by atoms with Gasteiger partial charge in [0.1, 0.15) is 0 Å². The molecule has 10 N–H and O–H groups in total. The van der Waals surface area contributed by atoms with Crippen LogP contribution in [-0.4, -0.2) is 608 Å². The number of ether oxygens (including phenoxy) is 5. The fourth-order valence-electron chi connectivity index (χ4n) is 15.9. The molecule has 0 bridgehead atoms. The van der Waals surface area contributed by atoms with Gasteiger partial charge in [0.2, 0.25) is 47.3 Å². The number of rotatable bonds is 48. The molecule has 56 nitrogen and oxygen atoms in total. The largest absolute Gasteiger partial charge is 0.549 e. The lowest BCUT2D eigenvalue weighted by Crippen LogP contribution is -2.59. The Morgan fingerprint density at radius 1 is 0.225 bits per heavy atom. The molecule has 4 rings (SSSR count). The Labute approximate surface area is 825 Å². The van der Waals surface area contributed by atoms with Gasteiger partial charge in [-0.15, -0.1) is 0 Å². The minimum atomic E-state index is -1.87. The second kappa shape index (κ2) is 66.6. The maximum absolute atomic E-state index is 14.6. The number of carbonyl (C=O) groups excluding carboxylic acids is 18. The maximum Gasteiger partial charge on any atom is 0.319 e. The van der Waals surface area contributed by atoms with Gasteiger partial charge in [0.05, 0.1) is 162 Å². The van der Waals surface area contributed by atoms with Crippen LogP contribution in [0.2, 0.25) is 0 Å². The first-order valence-electron chi connectivity index (χ1n) is 46.9. The third-order valence-electron chi connectivity index (χ3n) is 24.9. The van der Waals surface area contributed by atoms with Crippen molar-refractivity contribution in [3.63, 3.8) is 0 Å². The highest BCUT2D eigenvalue weighted by Gasteiger charge is 2.37. The van der Waals surface area contributed by atoms with Gasteiger partial charge >= 0.3 is 41.8 Å². The lowest BCUT2D eigenvalue weighted by molar-refractivity contribution is -0.308. The lowest BCUT2D eigenvalue weighted by Gasteiger charge is -2.36. The summed E-state index contributed by atoms with van der Waals surface area (Å²) < 4.78 is 24.7. The zero-order valence-corrected chi connectivity index (χ0v) is 82.9. The van der Waals surface area contributed by atoms with E-state index < -0.39 is 247 Å². The molecule has 142 heavy (non-hydrogen) atoms. The number of esters is 5. The predicted molar refractivity (Wildman–Crippen MR) is 488 cm³/mol. The first-order chi connectivity index (χ1) is 67.3. The summed E-state index contributed by atoms with van der Waals surface area (Å²) in [5.41, 5.74) is -1.87. The Hall–Kier alpha value is -11.2. The van der Waals surface area contributed by atoms with E-state index in [1.807, 2.05) is 0 Å². The van der Waals surface area contributed by atoms with Crippen molar-refractivity contribution in [3.8, 4) is 0 Å². The van der Waals surface area contributed by atoms with Gasteiger partial charge < -0.3 is 126 Å². The quantitative estimate of drug-likeness (QED) is 0.0200. The summed E-state index contributed by atoms with van der Waals surface area (Å²) in [5, 5.41) is 101. The third-order valence-corrected chi connectivity index (χ3v) is 24.9. The zero-order chi connectivity index (χ0) is 106. The van der Waals surface area contributed by atoms with E-state index in [0.717, 1.165) is 0 Å². The van der Waals surface area contributed by atoms with Crippen molar-refractivity contribution in [1.82, 2.24) is 121 Å². The van der Waals surface area contributed by atoms with Crippen LogP contribution in [0.1, 0.15) is 27.7 Å². The predicted octanol–water partition coefficient (Wildman–Crippen LogP) is -19.9. The molecule has 0 aromatic rings. The van der Waals surface area contributed by atoms with E-state index in [9.17, 15) is 132 Å². The Morgan fingerprint density at radius 3 is 0.493 bits per heavy atom. The molecule has 0 aromatic heterocycles. The van der Waals surface area contributed by atoms with Crippen molar-refractivity contribution in [2.24, 2.45) is 5.41 Å². The molecule has 4 aliphatic heterocycles. The molecule has 0 unspecified atom stereocenters. The van der Waals surface area contributed by atoms with E-state index in [0.29, 0.717) is 0 Å². The number of hydrogen-bond acceptors (Lipinski definition) is 46. The number of nitrogens with one attached hydrogen (secondary N) is 8. The molecule has 8 amide bonds. The van der Waals surface area contributed by atoms with Crippen LogP contribution in [0.25, 0.3) is 0 Å². The molecule has 4 aliphatic rings. The Kier molecular flexibility index (Phi) is 57.7. The topological polar surface area (TPSA) is 691 Å². The second-order valence-electron chi connectivity index (χ2n) is 35.2. The van der Waals surface area contributed by atoms with Gasteiger partial charge in [0.25, 0.3) is 0 Å². The molecular formula is C86H145N24O32-5. The number of carboxylic acids is 7. The van der Waals surface area contributed by atoms with E-state index in [-0.39, 0.29) is 242 Å². The van der Waals surface area contributed by atoms with Crippen molar-refractivity contribution in [2.75, 3.05) is 376 Å². The van der Waals surface area contributed by atoms with Crippen molar-refractivity contribution in [2.45, 2.75) is 51.9 Å². The minimum Gasteiger partial charge on any atom is -0.549 e. The molecule has 0 radical (unpaired) electrons. The highest BCUT2D eigenvalue weighted by molar-refractivity contribution is 5.90. The van der Waals surface area contributed by atoms with Crippen molar-refractivity contribution < 1.29 is 155 Å². The summed E-state index contributed by atoms with van der Waals surface area (Å²) in [6.45, 7) is -2.55. The van der Waals surface area contributed by atoms with Crippen LogP contribution in [-0.2, 0) is 120 Å². The summed E-state index contributed by atoms with van der Waals surface area (Å²) >= 11 is 0. The van der Waals surface area contributed by atoms with Gasteiger partial charge in [-0.05, 0) is 27.7 Å². The Morgan fingerprint density at radius 2 is 0.359 bits per heavy atom. The van der Waals surface area contributed by atoms with Crippen LogP contribution in [0.4, 0.5) is 0 Å². The van der Waals surface area contributed by atoms with Gasteiger partial charge in [0.15, 0.2) is 0 Å². The summed E-state index contributed by atoms with van der Waals surface area (Å²) in [7, 11) is 5.95. The van der Waals surface area contributed by atoms with E-state index >= 15 is 0 Å². The first-order valence-corrected chi connectivity index (χ1v) is 46.9. The van der Waals surface area contributed by atoms with Gasteiger partial charge in [-0.2, -0.15) is 0 Å². The lowest BCUT2D eigenvalue weighted by atomic mass is 9.86. The average molecular weight is 2030 g/mol. The molecule has 4 heterocycles. The number of carboxylic acid groups (broad SMARTS) is 7. The normalized spacial score (nSPS) is 18.9. The summed E-state index contributed by atoms with van der Waals surface area (Å²) in [6, 6.07) is -4.43. The van der Waals surface area contributed by atoms with E-state index in [1.54, 1.807) is 53.9 Å². The second-order valence-corrected chi connectivity index (χ2v) is 35.2. The molecule has 0 saturated carbocycles. The molecule has 0 spiro atoms. The molecule has 4 saturated heterocycles. The molecule has 4 atom stereocenters. The number of amides is 8.